The standard InChI is InChI=1S/C19H17FN2O3/c1-2-22(14-9-7-13(20)8-10-14)18(23)12-25-19(24)16-11-21-17-6-4-3-5-15(16)17/h3-11,21H,2,12H2,1H3. The average molecular weight is 340 g/mol. The molecule has 0 bridgehead atoms. The van der Waals surface area contributed by atoms with Gasteiger partial charge in [-0.25, -0.2) is 9.18 Å². The highest BCUT2D eigenvalue weighted by Gasteiger charge is 2.18. The molecular formula is C19H17FN2O3. The summed E-state index contributed by atoms with van der Waals surface area (Å²) in [7, 11) is 0. The number of carbonyl (C=O) groups is 2. The van der Waals surface area contributed by atoms with Crippen molar-refractivity contribution in [3.05, 3.63) is 66.1 Å². The molecule has 0 saturated heterocycles. The highest BCUT2D eigenvalue weighted by molar-refractivity contribution is 6.05. The zero-order chi connectivity index (χ0) is 17.8. The van der Waals surface area contributed by atoms with Crippen molar-refractivity contribution in [3.63, 3.8) is 0 Å². The van der Waals surface area contributed by atoms with E-state index < -0.39 is 5.97 Å². The Kier molecular flexibility index (Phi) is 4.79. The highest BCUT2D eigenvalue weighted by atomic mass is 19.1. The van der Waals surface area contributed by atoms with Gasteiger partial charge in [-0.1, -0.05) is 18.2 Å². The number of carbonyl (C=O) groups excluding carboxylic acids is 2. The number of nitrogens with zero attached hydrogens (tertiary/aromatic N) is 1. The van der Waals surface area contributed by atoms with Crippen LogP contribution in [-0.4, -0.2) is 30.0 Å². The normalized spacial score (nSPS) is 10.6. The van der Waals surface area contributed by atoms with E-state index >= 15 is 0 Å². The lowest BCUT2D eigenvalue weighted by atomic mass is 10.2. The molecule has 5 nitrogen and oxygen atoms in total. The highest BCUT2D eigenvalue weighted by Crippen LogP contribution is 2.19. The molecule has 3 rings (SSSR count). The number of halogens is 1. The summed E-state index contributed by atoms with van der Waals surface area (Å²) in [5.41, 5.74) is 1.76. The topological polar surface area (TPSA) is 62.4 Å². The van der Waals surface area contributed by atoms with E-state index in [1.807, 2.05) is 18.2 Å². The Hall–Kier alpha value is -3.15. The first kappa shape index (κ1) is 16.7. The Morgan fingerprint density at radius 2 is 1.84 bits per heavy atom. The van der Waals surface area contributed by atoms with Crippen LogP contribution in [0.5, 0.6) is 0 Å². The lowest BCUT2D eigenvalue weighted by molar-refractivity contribution is -0.121. The minimum absolute atomic E-state index is 0.373. The molecule has 0 fully saturated rings. The summed E-state index contributed by atoms with van der Waals surface area (Å²) in [6, 6.07) is 12.9. The molecule has 1 heterocycles. The molecule has 0 atom stereocenters. The number of hydrogen-bond donors (Lipinski definition) is 1. The van der Waals surface area contributed by atoms with E-state index in [0.29, 0.717) is 17.8 Å². The van der Waals surface area contributed by atoms with Gasteiger partial charge < -0.3 is 14.6 Å². The number of amides is 1. The molecule has 0 aliphatic carbocycles. The molecule has 1 aromatic heterocycles. The molecule has 25 heavy (non-hydrogen) atoms. The van der Waals surface area contributed by atoms with Gasteiger partial charge in [-0.15, -0.1) is 0 Å². The van der Waals surface area contributed by atoms with Crippen molar-refractivity contribution < 1.29 is 18.7 Å². The lowest BCUT2D eigenvalue weighted by Crippen LogP contribution is -2.34. The van der Waals surface area contributed by atoms with Crippen molar-refractivity contribution in [2.75, 3.05) is 18.1 Å². The minimum Gasteiger partial charge on any atom is -0.452 e. The molecule has 0 saturated carbocycles. The summed E-state index contributed by atoms with van der Waals surface area (Å²) in [5, 5.41) is 0.742. The number of likely N-dealkylation sites (N-methyl/N-ethyl adjacent to an activating group) is 1. The van der Waals surface area contributed by atoms with Gasteiger partial charge in [0.1, 0.15) is 5.82 Å². The van der Waals surface area contributed by atoms with Crippen LogP contribution in [0.15, 0.2) is 54.7 Å². The smallest absolute Gasteiger partial charge is 0.340 e. The molecule has 0 unspecified atom stereocenters. The maximum absolute atomic E-state index is 13.0. The van der Waals surface area contributed by atoms with Crippen molar-refractivity contribution >= 4 is 28.5 Å². The number of para-hydroxylation sites is 1. The molecule has 0 aliphatic heterocycles. The molecule has 0 radical (unpaired) electrons. The van der Waals surface area contributed by atoms with Crippen molar-refractivity contribution in [1.82, 2.24) is 4.98 Å². The molecule has 1 N–H and O–H groups in total. The number of benzene rings is 2. The van der Waals surface area contributed by atoms with E-state index in [9.17, 15) is 14.0 Å². The van der Waals surface area contributed by atoms with Gasteiger partial charge in [0.25, 0.3) is 5.91 Å². The number of H-pyrrole nitrogens is 1. The van der Waals surface area contributed by atoms with E-state index in [4.69, 9.17) is 4.74 Å². The first-order valence-electron chi connectivity index (χ1n) is 7.89. The lowest BCUT2D eigenvalue weighted by Gasteiger charge is -2.20. The first-order valence-corrected chi connectivity index (χ1v) is 7.89. The van der Waals surface area contributed by atoms with E-state index in [-0.39, 0.29) is 18.3 Å². The van der Waals surface area contributed by atoms with Crippen LogP contribution in [0.2, 0.25) is 0 Å². The fraction of sp³-hybridized carbons (Fsp3) is 0.158. The number of esters is 1. The fourth-order valence-electron chi connectivity index (χ4n) is 2.65. The second-order valence-electron chi connectivity index (χ2n) is 5.44. The molecule has 128 valence electrons. The van der Waals surface area contributed by atoms with Gasteiger partial charge in [0.2, 0.25) is 0 Å². The fourth-order valence-corrected chi connectivity index (χ4v) is 2.65. The van der Waals surface area contributed by atoms with E-state index in [2.05, 4.69) is 4.98 Å². The van der Waals surface area contributed by atoms with Gasteiger partial charge >= 0.3 is 5.97 Å². The number of ether oxygens (including phenoxy) is 1. The third-order valence-electron chi connectivity index (χ3n) is 3.89. The second kappa shape index (κ2) is 7.17. The van der Waals surface area contributed by atoms with Crippen LogP contribution in [-0.2, 0) is 9.53 Å². The number of aromatic nitrogens is 1. The third kappa shape index (κ3) is 3.52. The van der Waals surface area contributed by atoms with Crippen molar-refractivity contribution in [3.8, 4) is 0 Å². The summed E-state index contributed by atoms with van der Waals surface area (Å²) < 4.78 is 18.2. The second-order valence-corrected chi connectivity index (χ2v) is 5.44. The predicted octanol–water partition coefficient (Wildman–Crippen LogP) is 3.52. The Morgan fingerprint density at radius 3 is 2.56 bits per heavy atom. The Morgan fingerprint density at radius 1 is 1.12 bits per heavy atom. The van der Waals surface area contributed by atoms with Crippen molar-refractivity contribution in [1.29, 1.82) is 0 Å². The van der Waals surface area contributed by atoms with Crippen LogP contribution in [0.25, 0.3) is 10.9 Å². The van der Waals surface area contributed by atoms with Crippen LogP contribution in [0.1, 0.15) is 17.3 Å². The summed E-state index contributed by atoms with van der Waals surface area (Å²) in [4.78, 5) is 29.0. The molecule has 0 aliphatic rings. The number of fused-ring (bicyclic) bond motifs is 1. The molecule has 2 aromatic carbocycles. The third-order valence-corrected chi connectivity index (χ3v) is 3.89. The molecule has 3 aromatic rings. The Bertz CT molecular complexity index is 902. The Balaban J connectivity index is 1.68. The van der Waals surface area contributed by atoms with Crippen LogP contribution >= 0.6 is 0 Å². The number of rotatable bonds is 5. The summed E-state index contributed by atoms with van der Waals surface area (Å²) in [6.45, 7) is 1.79. The maximum Gasteiger partial charge on any atom is 0.340 e. The minimum atomic E-state index is -0.569. The molecule has 1 amide bonds. The van der Waals surface area contributed by atoms with Gasteiger partial charge in [0, 0.05) is 29.3 Å². The van der Waals surface area contributed by atoms with Crippen molar-refractivity contribution in [2.45, 2.75) is 6.92 Å². The summed E-state index contributed by atoms with van der Waals surface area (Å²) >= 11 is 0. The number of anilines is 1. The van der Waals surface area contributed by atoms with Crippen molar-refractivity contribution in [2.24, 2.45) is 0 Å². The first-order chi connectivity index (χ1) is 12.1. The number of aromatic amines is 1. The van der Waals surface area contributed by atoms with Crippen LogP contribution in [0, 0.1) is 5.82 Å². The van der Waals surface area contributed by atoms with Gasteiger partial charge in [-0.3, -0.25) is 4.79 Å². The summed E-state index contributed by atoms with van der Waals surface area (Å²) in [5.74, 6) is -1.32. The van der Waals surface area contributed by atoms with E-state index in [0.717, 1.165) is 10.9 Å². The Labute approximate surface area is 144 Å². The van der Waals surface area contributed by atoms with E-state index in [1.54, 1.807) is 19.2 Å². The van der Waals surface area contributed by atoms with E-state index in [1.165, 1.54) is 29.2 Å². The number of nitrogens with one attached hydrogen (secondary N) is 1. The molecular weight excluding hydrogens is 323 g/mol. The van der Waals surface area contributed by atoms with Gasteiger partial charge in [-0.05, 0) is 37.3 Å². The quantitative estimate of drug-likeness (QED) is 0.723. The van der Waals surface area contributed by atoms with Gasteiger partial charge in [-0.2, -0.15) is 0 Å². The molecule has 0 spiro atoms. The average Bonchev–Trinajstić information content (AvgIpc) is 3.06. The van der Waals surface area contributed by atoms with Crippen LogP contribution in [0.4, 0.5) is 10.1 Å². The van der Waals surface area contributed by atoms with Crippen LogP contribution < -0.4 is 4.90 Å². The predicted molar refractivity (Wildman–Crippen MR) is 93.0 cm³/mol. The van der Waals surface area contributed by atoms with Crippen LogP contribution in [0.3, 0.4) is 0 Å². The SMILES string of the molecule is CCN(C(=O)COC(=O)c1c[nH]c2ccccc12)c1ccc(F)cc1. The van der Waals surface area contributed by atoms with Gasteiger partial charge in [0.15, 0.2) is 6.61 Å². The van der Waals surface area contributed by atoms with Gasteiger partial charge in [0.05, 0.1) is 5.56 Å². The monoisotopic (exact) mass is 340 g/mol. The number of hydrogen-bond acceptors (Lipinski definition) is 3. The largest absolute Gasteiger partial charge is 0.452 e. The maximum atomic E-state index is 13.0. The zero-order valence-electron chi connectivity index (χ0n) is 13.7. The zero-order valence-corrected chi connectivity index (χ0v) is 13.7. The summed E-state index contributed by atoms with van der Waals surface area (Å²) in [6.07, 6.45) is 1.56. The molecule has 6 heteroatoms.